The van der Waals surface area contributed by atoms with Crippen LogP contribution in [0.25, 0.3) is 11.4 Å². The molecule has 0 bridgehead atoms. The second-order valence-corrected chi connectivity index (χ2v) is 3.73. The Morgan fingerprint density at radius 1 is 1.35 bits per heavy atom. The van der Waals surface area contributed by atoms with Gasteiger partial charge in [-0.3, -0.25) is 4.98 Å². The molecule has 17 heavy (non-hydrogen) atoms. The first-order chi connectivity index (χ1) is 8.20. The lowest BCUT2D eigenvalue weighted by Crippen LogP contribution is -2.02. The van der Waals surface area contributed by atoms with Crippen molar-refractivity contribution >= 4 is 5.82 Å². The Kier molecular flexibility index (Phi) is 3.30. The van der Waals surface area contributed by atoms with Crippen LogP contribution in [-0.4, -0.2) is 22.1 Å². The summed E-state index contributed by atoms with van der Waals surface area (Å²) in [4.78, 5) is 12.7. The van der Waals surface area contributed by atoms with Gasteiger partial charge in [0, 0.05) is 31.1 Å². The molecule has 0 atom stereocenters. The third-order valence-electron chi connectivity index (χ3n) is 2.37. The summed E-state index contributed by atoms with van der Waals surface area (Å²) in [6.45, 7) is 2.40. The molecule has 0 fully saturated rings. The Labute approximate surface area is 99.7 Å². The second-order valence-electron chi connectivity index (χ2n) is 3.73. The smallest absolute Gasteiger partial charge is 0.163 e. The van der Waals surface area contributed by atoms with Crippen LogP contribution in [0.3, 0.4) is 0 Å². The predicted molar refractivity (Wildman–Crippen MR) is 65.1 cm³/mol. The van der Waals surface area contributed by atoms with Crippen molar-refractivity contribution in [3.63, 3.8) is 0 Å². The molecule has 0 saturated carbocycles. The zero-order valence-electron chi connectivity index (χ0n) is 9.84. The Morgan fingerprint density at radius 3 is 2.88 bits per heavy atom. The van der Waals surface area contributed by atoms with Gasteiger partial charge in [-0.25, -0.2) is 9.97 Å². The van der Waals surface area contributed by atoms with Crippen LogP contribution in [0.15, 0.2) is 24.5 Å². The van der Waals surface area contributed by atoms with Crippen molar-refractivity contribution in [3.8, 4) is 11.4 Å². The van der Waals surface area contributed by atoms with E-state index in [0.29, 0.717) is 18.2 Å². The summed E-state index contributed by atoms with van der Waals surface area (Å²) in [5.74, 6) is 1.02. The summed E-state index contributed by atoms with van der Waals surface area (Å²) >= 11 is 0. The van der Waals surface area contributed by atoms with Crippen molar-refractivity contribution in [2.24, 2.45) is 0 Å². The number of methoxy groups -OCH3 is 1. The van der Waals surface area contributed by atoms with Crippen LogP contribution in [0.4, 0.5) is 5.82 Å². The molecule has 0 aliphatic carbocycles. The first kappa shape index (κ1) is 11.5. The summed E-state index contributed by atoms with van der Waals surface area (Å²) in [7, 11) is 1.62. The lowest BCUT2D eigenvalue weighted by molar-refractivity contribution is 0.181. The second kappa shape index (κ2) is 4.88. The monoisotopic (exact) mass is 230 g/mol. The summed E-state index contributed by atoms with van der Waals surface area (Å²) < 4.78 is 5.04. The largest absolute Gasteiger partial charge is 0.384 e. The molecule has 0 radical (unpaired) electrons. The van der Waals surface area contributed by atoms with Crippen LogP contribution < -0.4 is 5.73 Å². The highest BCUT2D eigenvalue weighted by molar-refractivity contribution is 5.59. The molecule has 0 amide bonds. The molecule has 2 aromatic heterocycles. The van der Waals surface area contributed by atoms with Crippen molar-refractivity contribution < 1.29 is 4.74 Å². The summed E-state index contributed by atoms with van der Waals surface area (Å²) in [6, 6.07) is 3.62. The minimum absolute atomic E-state index is 0.416. The zero-order valence-corrected chi connectivity index (χ0v) is 9.84. The number of nitrogens with zero attached hydrogens (tertiary/aromatic N) is 3. The fourth-order valence-electron chi connectivity index (χ4n) is 1.56. The molecule has 2 N–H and O–H groups in total. The topological polar surface area (TPSA) is 73.9 Å². The number of hydrogen-bond donors (Lipinski definition) is 1. The Morgan fingerprint density at radius 2 is 2.18 bits per heavy atom. The van der Waals surface area contributed by atoms with Gasteiger partial charge < -0.3 is 10.5 Å². The maximum Gasteiger partial charge on any atom is 0.163 e. The number of aromatic nitrogens is 3. The molecule has 0 unspecified atom stereocenters. The van der Waals surface area contributed by atoms with E-state index >= 15 is 0 Å². The molecule has 2 heterocycles. The van der Waals surface area contributed by atoms with Crippen molar-refractivity contribution in [2.75, 3.05) is 12.8 Å². The van der Waals surface area contributed by atoms with Crippen molar-refractivity contribution in [2.45, 2.75) is 13.5 Å². The number of anilines is 1. The van der Waals surface area contributed by atoms with Crippen LogP contribution >= 0.6 is 0 Å². The molecule has 5 heteroatoms. The number of ether oxygens (including phenoxy) is 1. The van der Waals surface area contributed by atoms with Gasteiger partial charge >= 0.3 is 0 Å². The van der Waals surface area contributed by atoms with E-state index in [9.17, 15) is 0 Å². The molecule has 2 aromatic rings. The van der Waals surface area contributed by atoms with Crippen molar-refractivity contribution in [1.29, 1.82) is 0 Å². The van der Waals surface area contributed by atoms with Gasteiger partial charge in [0.05, 0.1) is 12.3 Å². The van der Waals surface area contributed by atoms with Crippen LogP contribution in [0.1, 0.15) is 11.3 Å². The number of hydrogen-bond acceptors (Lipinski definition) is 5. The van der Waals surface area contributed by atoms with Gasteiger partial charge in [0.15, 0.2) is 5.82 Å². The molecule has 2 rings (SSSR count). The maximum atomic E-state index is 5.75. The minimum Gasteiger partial charge on any atom is -0.384 e. The zero-order chi connectivity index (χ0) is 12.3. The third-order valence-corrected chi connectivity index (χ3v) is 2.37. The fraction of sp³-hybridized carbons (Fsp3) is 0.250. The van der Waals surface area contributed by atoms with E-state index in [1.54, 1.807) is 25.6 Å². The molecule has 0 aliphatic heterocycles. The molecular weight excluding hydrogens is 216 g/mol. The van der Waals surface area contributed by atoms with E-state index in [-0.39, 0.29) is 0 Å². The highest BCUT2D eigenvalue weighted by Gasteiger charge is 2.07. The number of nitrogen functional groups attached to an aromatic ring is 1. The number of aryl methyl sites for hydroxylation is 1. The average Bonchev–Trinajstić information content (AvgIpc) is 2.29. The van der Waals surface area contributed by atoms with E-state index in [4.69, 9.17) is 10.5 Å². The van der Waals surface area contributed by atoms with Crippen LogP contribution in [0.5, 0.6) is 0 Å². The van der Waals surface area contributed by atoms with E-state index in [2.05, 4.69) is 15.0 Å². The molecule has 5 nitrogen and oxygen atoms in total. The Bertz CT molecular complexity index is 528. The Balaban J connectivity index is 2.48. The third kappa shape index (κ3) is 2.57. The van der Waals surface area contributed by atoms with Crippen molar-refractivity contribution in [3.05, 3.63) is 35.8 Å². The highest BCUT2D eigenvalue weighted by atomic mass is 16.5. The molecule has 0 spiro atoms. The summed E-state index contributed by atoms with van der Waals surface area (Å²) in [6.07, 6.45) is 3.47. The SMILES string of the molecule is COCc1cc(N)nc(-c2cnccc2C)n1. The first-order valence-corrected chi connectivity index (χ1v) is 5.24. The van der Waals surface area contributed by atoms with Gasteiger partial charge in [-0.2, -0.15) is 0 Å². The average molecular weight is 230 g/mol. The van der Waals surface area contributed by atoms with Crippen LogP contribution in [0.2, 0.25) is 0 Å². The van der Waals surface area contributed by atoms with Crippen LogP contribution in [0, 0.1) is 6.92 Å². The maximum absolute atomic E-state index is 5.75. The normalized spacial score (nSPS) is 10.5. The standard InChI is InChI=1S/C12H14N4O/c1-8-3-4-14-6-10(8)12-15-9(7-17-2)5-11(13)16-12/h3-6H,7H2,1-2H3,(H2,13,15,16). The van der Waals surface area contributed by atoms with Crippen molar-refractivity contribution in [1.82, 2.24) is 15.0 Å². The Hall–Kier alpha value is -2.01. The number of rotatable bonds is 3. The highest BCUT2D eigenvalue weighted by Crippen LogP contribution is 2.19. The molecule has 0 saturated heterocycles. The van der Waals surface area contributed by atoms with Gasteiger partial charge in [0.1, 0.15) is 5.82 Å². The number of pyridine rings is 1. The van der Waals surface area contributed by atoms with E-state index < -0.39 is 0 Å². The van der Waals surface area contributed by atoms with Gasteiger partial charge in [-0.15, -0.1) is 0 Å². The number of nitrogens with two attached hydrogens (primary N) is 1. The molecule has 88 valence electrons. The summed E-state index contributed by atoms with van der Waals surface area (Å²) in [5.41, 5.74) is 8.46. The lowest BCUT2D eigenvalue weighted by Gasteiger charge is -2.06. The fourth-order valence-corrected chi connectivity index (χ4v) is 1.56. The van der Waals surface area contributed by atoms with Gasteiger partial charge in [-0.1, -0.05) is 0 Å². The van der Waals surface area contributed by atoms with E-state index in [0.717, 1.165) is 16.8 Å². The molecule has 0 aromatic carbocycles. The lowest BCUT2D eigenvalue weighted by atomic mass is 10.1. The molecule has 0 aliphatic rings. The minimum atomic E-state index is 0.416. The van der Waals surface area contributed by atoms with Gasteiger partial charge in [0.2, 0.25) is 0 Å². The molecular formula is C12H14N4O. The van der Waals surface area contributed by atoms with E-state index in [1.165, 1.54) is 0 Å². The van der Waals surface area contributed by atoms with Gasteiger partial charge in [-0.05, 0) is 18.6 Å². The van der Waals surface area contributed by atoms with Crippen LogP contribution in [-0.2, 0) is 11.3 Å². The quantitative estimate of drug-likeness (QED) is 0.866. The first-order valence-electron chi connectivity index (χ1n) is 5.24. The van der Waals surface area contributed by atoms with E-state index in [1.807, 2.05) is 13.0 Å². The van der Waals surface area contributed by atoms with Gasteiger partial charge in [0.25, 0.3) is 0 Å². The summed E-state index contributed by atoms with van der Waals surface area (Å²) in [5, 5.41) is 0. The predicted octanol–water partition coefficient (Wildman–Crippen LogP) is 1.58.